The number of aliphatic hydroxyl groups is 1. The van der Waals surface area contributed by atoms with Crippen LogP contribution in [0.1, 0.15) is 45.4 Å². The third-order valence-corrected chi connectivity index (χ3v) is 5.23. The molecule has 1 aliphatic carbocycles. The van der Waals surface area contributed by atoms with Crippen LogP contribution in [0.5, 0.6) is 0 Å². The Morgan fingerprint density at radius 3 is 2.63 bits per heavy atom. The fourth-order valence-electron chi connectivity index (χ4n) is 3.88. The average molecular weight is 269 g/mol. The third-order valence-electron chi connectivity index (χ3n) is 5.23. The number of likely N-dealkylation sites (tertiary alicyclic amines) is 1. The summed E-state index contributed by atoms with van der Waals surface area (Å²) < 4.78 is 5.31. The summed E-state index contributed by atoms with van der Waals surface area (Å²) in [6.45, 7) is 7.06. The molecule has 3 heteroatoms. The maximum atomic E-state index is 9.88. The number of hydrogen-bond donors (Lipinski definition) is 1. The molecule has 0 amide bonds. The molecule has 0 radical (unpaired) electrons. The molecule has 112 valence electrons. The minimum absolute atomic E-state index is 0.182. The number of piperidine rings is 1. The summed E-state index contributed by atoms with van der Waals surface area (Å²) in [5, 5.41) is 9.88. The maximum Gasteiger partial charge on any atom is 0.0502 e. The van der Waals surface area contributed by atoms with Crippen LogP contribution in [0.25, 0.3) is 0 Å². The predicted molar refractivity (Wildman–Crippen MR) is 78.2 cm³/mol. The Bertz CT molecular complexity index is 259. The van der Waals surface area contributed by atoms with Crippen LogP contribution < -0.4 is 0 Å². The van der Waals surface area contributed by atoms with E-state index in [4.69, 9.17) is 4.74 Å². The third kappa shape index (κ3) is 4.17. The minimum atomic E-state index is 0.182. The molecule has 1 heterocycles. The van der Waals surface area contributed by atoms with E-state index in [9.17, 15) is 5.11 Å². The van der Waals surface area contributed by atoms with Gasteiger partial charge in [-0.15, -0.1) is 0 Å². The monoisotopic (exact) mass is 269 g/mol. The Kier molecular flexibility index (Phi) is 5.67. The summed E-state index contributed by atoms with van der Waals surface area (Å²) in [5.41, 5.74) is 0.182. The highest BCUT2D eigenvalue weighted by atomic mass is 16.5. The zero-order valence-electron chi connectivity index (χ0n) is 12.7. The molecule has 0 aromatic carbocycles. The first kappa shape index (κ1) is 15.3. The lowest BCUT2D eigenvalue weighted by Gasteiger charge is -2.43. The molecule has 0 aromatic heterocycles. The zero-order valence-corrected chi connectivity index (χ0v) is 12.7. The van der Waals surface area contributed by atoms with Crippen molar-refractivity contribution in [3.8, 4) is 0 Å². The van der Waals surface area contributed by atoms with Crippen molar-refractivity contribution < 1.29 is 9.84 Å². The van der Waals surface area contributed by atoms with Gasteiger partial charge in [-0.05, 0) is 44.1 Å². The molecule has 1 saturated carbocycles. The molecule has 1 aliphatic heterocycles. The van der Waals surface area contributed by atoms with Gasteiger partial charge in [0.05, 0.1) is 6.61 Å². The Labute approximate surface area is 118 Å². The van der Waals surface area contributed by atoms with Gasteiger partial charge in [-0.1, -0.05) is 19.8 Å². The van der Waals surface area contributed by atoms with E-state index in [0.29, 0.717) is 12.5 Å². The molecule has 0 spiro atoms. The van der Waals surface area contributed by atoms with Crippen LogP contribution in [-0.4, -0.2) is 50.0 Å². The van der Waals surface area contributed by atoms with Crippen molar-refractivity contribution in [2.75, 3.05) is 40.0 Å². The molecule has 1 saturated heterocycles. The fraction of sp³-hybridized carbons (Fsp3) is 1.00. The Balaban J connectivity index is 1.87. The molecule has 2 rings (SSSR count). The van der Waals surface area contributed by atoms with Gasteiger partial charge >= 0.3 is 0 Å². The second-order valence-corrected chi connectivity index (χ2v) is 7.04. The molecule has 0 bridgehead atoms. The van der Waals surface area contributed by atoms with Crippen molar-refractivity contribution in [2.45, 2.75) is 45.4 Å². The Morgan fingerprint density at radius 2 is 2.00 bits per heavy atom. The number of nitrogens with zero attached hydrogens (tertiary/aromatic N) is 1. The van der Waals surface area contributed by atoms with Crippen LogP contribution in [0, 0.1) is 17.3 Å². The minimum Gasteiger partial charge on any atom is -0.396 e. The van der Waals surface area contributed by atoms with E-state index in [1.54, 1.807) is 7.11 Å². The molecule has 0 aromatic rings. The van der Waals surface area contributed by atoms with Gasteiger partial charge in [0, 0.05) is 32.2 Å². The van der Waals surface area contributed by atoms with E-state index < -0.39 is 0 Å². The van der Waals surface area contributed by atoms with Gasteiger partial charge in [0.15, 0.2) is 0 Å². The summed E-state index contributed by atoms with van der Waals surface area (Å²) in [7, 11) is 1.80. The molecular weight excluding hydrogens is 238 g/mol. The standard InChI is InChI=1S/C16H31NO2/c1-14-5-7-16(13-18,8-6-14)12-17-9-3-4-15(10-17)11-19-2/h14-15,18H,3-13H2,1-2H3. The van der Waals surface area contributed by atoms with Gasteiger partial charge in [0.25, 0.3) is 0 Å². The SMILES string of the molecule is COCC1CCCN(CC2(CO)CCC(C)CC2)C1. The quantitative estimate of drug-likeness (QED) is 0.832. The van der Waals surface area contributed by atoms with Crippen LogP contribution in [-0.2, 0) is 4.74 Å². The number of hydrogen-bond acceptors (Lipinski definition) is 3. The van der Waals surface area contributed by atoms with Crippen LogP contribution >= 0.6 is 0 Å². The maximum absolute atomic E-state index is 9.88. The van der Waals surface area contributed by atoms with E-state index in [1.165, 1.54) is 45.1 Å². The van der Waals surface area contributed by atoms with E-state index >= 15 is 0 Å². The van der Waals surface area contributed by atoms with Crippen LogP contribution in [0.2, 0.25) is 0 Å². The predicted octanol–water partition coefficient (Wildman–Crippen LogP) is 2.53. The second-order valence-electron chi connectivity index (χ2n) is 7.04. The number of methoxy groups -OCH3 is 1. The highest BCUT2D eigenvalue weighted by Gasteiger charge is 2.36. The van der Waals surface area contributed by atoms with Gasteiger partial charge in [-0.2, -0.15) is 0 Å². The first-order chi connectivity index (χ1) is 9.17. The highest BCUT2D eigenvalue weighted by Crippen LogP contribution is 2.39. The fourth-order valence-corrected chi connectivity index (χ4v) is 3.88. The van der Waals surface area contributed by atoms with Gasteiger partial charge in [0.1, 0.15) is 0 Å². The Morgan fingerprint density at radius 1 is 1.26 bits per heavy atom. The molecule has 3 nitrogen and oxygen atoms in total. The second kappa shape index (κ2) is 7.05. The van der Waals surface area contributed by atoms with Crippen molar-refractivity contribution >= 4 is 0 Å². The van der Waals surface area contributed by atoms with Crippen LogP contribution in [0.4, 0.5) is 0 Å². The summed E-state index contributed by atoms with van der Waals surface area (Å²) in [5.74, 6) is 1.54. The largest absolute Gasteiger partial charge is 0.396 e. The van der Waals surface area contributed by atoms with Gasteiger partial charge in [0.2, 0.25) is 0 Å². The highest BCUT2D eigenvalue weighted by molar-refractivity contribution is 4.88. The smallest absolute Gasteiger partial charge is 0.0502 e. The summed E-state index contributed by atoms with van der Waals surface area (Å²) in [4.78, 5) is 2.58. The molecule has 1 N–H and O–H groups in total. The van der Waals surface area contributed by atoms with Crippen LogP contribution in [0.3, 0.4) is 0 Å². The number of ether oxygens (including phenoxy) is 1. The lowest BCUT2D eigenvalue weighted by atomic mass is 9.71. The van der Waals surface area contributed by atoms with Gasteiger partial charge in [-0.25, -0.2) is 0 Å². The molecule has 1 atom stereocenters. The zero-order chi connectivity index (χ0) is 13.7. The van der Waals surface area contributed by atoms with Gasteiger partial charge in [-0.3, -0.25) is 0 Å². The molecule has 2 fully saturated rings. The van der Waals surface area contributed by atoms with Crippen molar-refractivity contribution in [3.05, 3.63) is 0 Å². The summed E-state index contributed by atoms with van der Waals surface area (Å²) in [6, 6.07) is 0. The number of aliphatic hydroxyl groups excluding tert-OH is 1. The first-order valence-electron chi connectivity index (χ1n) is 7.99. The summed E-state index contributed by atoms with van der Waals surface area (Å²) >= 11 is 0. The average Bonchev–Trinajstić information content (AvgIpc) is 2.43. The van der Waals surface area contributed by atoms with E-state index in [0.717, 1.165) is 25.6 Å². The van der Waals surface area contributed by atoms with E-state index in [2.05, 4.69) is 11.8 Å². The summed E-state index contributed by atoms with van der Waals surface area (Å²) in [6.07, 6.45) is 7.57. The lowest BCUT2D eigenvalue weighted by molar-refractivity contribution is 0.00771. The van der Waals surface area contributed by atoms with Crippen molar-refractivity contribution in [1.29, 1.82) is 0 Å². The van der Waals surface area contributed by atoms with E-state index in [-0.39, 0.29) is 5.41 Å². The van der Waals surface area contributed by atoms with Crippen molar-refractivity contribution in [2.24, 2.45) is 17.3 Å². The molecule has 1 unspecified atom stereocenters. The first-order valence-corrected chi connectivity index (χ1v) is 7.99. The van der Waals surface area contributed by atoms with Crippen molar-refractivity contribution in [3.63, 3.8) is 0 Å². The molecule has 19 heavy (non-hydrogen) atoms. The lowest BCUT2D eigenvalue weighted by Crippen LogP contribution is -2.46. The van der Waals surface area contributed by atoms with E-state index in [1.807, 2.05) is 0 Å². The Hall–Kier alpha value is -0.120. The van der Waals surface area contributed by atoms with Crippen LogP contribution in [0.15, 0.2) is 0 Å². The van der Waals surface area contributed by atoms with Crippen molar-refractivity contribution in [1.82, 2.24) is 4.90 Å². The number of rotatable bonds is 5. The van der Waals surface area contributed by atoms with Gasteiger partial charge < -0.3 is 14.7 Å². The molecular formula is C16H31NO2. The topological polar surface area (TPSA) is 32.7 Å². The molecule has 2 aliphatic rings. The normalized spacial score (nSPS) is 37.4.